The van der Waals surface area contributed by atoms with Gasteiger partial charge >= 0.3 is 34.9 Å². The van der Waals surface area contributed by atoms with Crippen LogP contribution in [-0.2, 0) is 25.8 Å². The third-order valence-electron chi connectivity index (χ3n) is 0.990. The largest absolute Gasteiger partial charge is 4.00 e. The van der Waals surface area contributed by atoms with E-state index < -0.39 is 14.3 Å². The molecule has 0 bridgehead atoms. The Morgan fingerprint density at radius 2 is 0.947 bits per heavy atom. The van der Waals surface area contributed by atoms with E-state index in [1.54, 1.807) is 42.3 Å². The van der Waals surface area contributed by atoms with Gasteiger partial charge in [0, 0.05) is 0 Å². The van der Waals surface area contributed by atoms with Crippen molar-refractivity contribution in [1.82, 2.24) is 0 Å². The van der Waals surface area contributed by atoms with Crippen LogP contribution in [0.1, 0.15) is 0 Å². The summed E-state index contributed by atoms with van der Waals surface area (Å²) < 4.78 is 35.3. The Morgan fingerprint density at radius 3 is 1.05 bits per heavy atom. The van der Waals surface area contributed by atoms with Gasteiger partial charge in [-0.15, -0.1) is 0 Å². The van der Waals surface area contributed by atoms with Crippen molar-refractivity contribution in [2.24, 2.45) is 0 Å². The first-order valence-electron chi connectivity index (χ1n) is 5.08. The molecule has 1 aromatic carbocycles. The predicted molar refractivity (Wildman–Crippen MR) is 76.4 cm³/mol. The van der Waals surface area contributed by atoms with Crippen molar-refractivity contribution in [2.45, 2.75) is 0 Å². The van der Waals surface area contributed by atoms with Gasteiger partial charge in [0.2, 0.25) is 0 Å². The molecule has 110 valence electrons. The van der Waals surface area contributed by atoms with E-state index in [4.69, 9.17) is 0 Å². The average Bonchev–Trinajstić information content (AvgIpc) is 2.72. The Bertz CT molecular complexity index is 227. The molecule has 0 radical (unpaired) electrons. The number of nitrogens with zero attached hydrogens (tertiary/aromatic N) is 3. The molecule has 0 aliphatic rings. The van der Waals surface area contributed by atoms with E-state index in [0.717, 1.165) is 12.1 Å². The van der Waals surface area contributed by atoms with E-state index in [9.17, 15) is 12.3 Å². The average molecular weight is 460 g/mol. The van der Waals surface area contributed by atoms with Gasteiger partial charge in [-0.05, 0) is 0 Å². The summed E-state index contributed by atoms with van der Waals surface area (Å²) in [4.78, 5) is 0. The minimum atomic E-state index is -5.48. The van der Waals surface area contributed by atoms with E-state index in [-0.39, 0.29) is 25.8 Å². The number of rotatable bonds is 1. The Balaban J connectivity index is -0.0000000956. The maximum Gasteiger partial charge on any atom is 4.00 e. The SMILES string of the molecule is C[N-]C.C[N-]C.C[N-]C.F[Si](F)(F)[c-]1cccc1.[Hf+4]. The van der Waals surface area contributed by atoms with Crippen LogP contribution < -0.4 is 5.19 Å². The molecule has 0 amide bonds. The zero-order valence-corrected chi connectivity index (χ0v) is 16.9. The van der Waals surface area contributed by atoms with Crippen LogP contribution >= 0.6 is 0 Å². The van der Waals surface area contributed by atoms with E-state index in [0.29, 0.717) is 0 Å². The topological polar surface area (TPSA) is 42.3 Å². The molecule has 0 saturated carbocycles. The van der Waals surface area contributed by atoms with Crippen molar-refractivity contribution >= 4 is 14.3 Å². The smallest absolute Gasteiger partial charge is 0.668 e. The molecule has 8 heteroatoms. The molecule has 0 fully saturated rings. The molecule has 1 aromatic rings. The van der Waals surface area contributed by atoms with Gasteiger partial charge in [-0.3, -0.25) is 0 Å². The molecule has 0 saturated heterocycles. The van der Waals surface area contributed by atoms with Gasteiger partial charge in [0.05, 0.1) is 0 Å². The van der Waals surface area contributed by atoms with Gasteiger partial charge < -0.3 is 16.0 Å². The van der Waals surface area contributed by atoms with Crippen LogP contribution in [0.15, 0.2) is 24.3 Å². The van der Waals surface area contributed by atoms with Crippen molar-refractivity contribution in [1.29, 1.82) is 0 Å². The monoisotopic (exact) mass is 461 g/mol. The molecule has 0 atom stereocenters. The summed E-state index contributed by atoms with van der Waals surface area (Å²) in [6, 6.07) is 5.00. The van der Waals surface area contributed by atoms with Crippen LogP contribution in [0.3, 0.4) is 0 Å². The molecule has 0 aliphatic carbocycles. The molecule has 19 heavy (non-hydrogen) atoms. The molecule has 1 rings (SSSR count). The second kappa shape index (κ2) is 20.4. The Hall–Kier alpha value is 0.107. The van der Waals surface area contributed by atoms with Gasteiger partial charge in [-0.1, -0.05) is 5.19 Å². The summed E-state index contributed by atoms with van der Waals surface area (Å²) >= 11 is 0. The van der Waals surface area contributed by atoms with Crippen LogP contribution in [-0.4, -0.2) is 51.4 Å². The third-order valence-corrected chi connectivity index (χ3v) is 1.98. The van der Waals surface area contributed by atoms with Crippen LogP contribution in [0.5, 0.6) is 0 Å². The maximum atomic E-state index is 11.8. The molecule has 0 aromatic heterocycles. The fraction of sp³-hybridized carbons (Fsp3) is 0.545. The van der Waals surface area contributed by atoms with Crippen molar-refractivity contribution < 1.29 is 38.2 Å². The van der Waals surface area contributed by atoms with Crippen molar-refractivity contribution in [3.63, 3.8) is 0 Å². The Morgan fingerprint density at radius 1 is 0.737 bits per heavy atom. The van der Waals surface area contributed by atoms with Crippen molar-refractivity contribution in [2.75, 3.05) is 42.3 Å². The molecule has 0 unspecified atom stereocenters. The first-order valence-corrected chi connectivity index (χ1v) is 6.71. The number of hydrogen-bond donors (Lipinski definition) is 0. The van der Waals surface area contributed by atoms with E-state index in [2.05, 4.69) is 16.0 Å². The first kappa shape index (κ1) is 27.4. The van der Waals surface area contributed by atoms with Crippen LogP contribution in [0.2, 0.25) is 0 Å². The summed E-state index contributed by atoms with van der Waals surface area (Å²) in [5.74, 6) is 0. The summed E-state index contributed by atoms with van der Waals surface area (Å²) in [6.45, 7) is 0. The zero-order chi connectivity index (χ0) is 15.0. The second-order valence-corrected chi connectivity index (χ2v) is 4.59. The molecule has 0 spiro atoms. The number of hydrogen-bond acceptors (Lipinski definition) is 0. The fourth-order valence-corrected chi connectivity index (χ4v) is 1.13. The molecule has 0 aliphatic heterocycles. The number of halogens is 3. The van der Waals surface area contributed by atoms with E-state index >= 15 is 0 Å². The van der Waals surface area contributed by atoms with Crippen molar-refractivity contribution in [3.05, 3.63) is 40.2 Å². The Labute approximate surface area is 135 Å². The summed E-state index contributed by atoms with van der Waals surface area (Å²) in [5, 5.41) is 10.1. The Kier molecular flexibility index (Phi) is 29.5. The van der Waals surface area contributed by atoms with Gasteiger partial charge in [0.25, 0.3) is 0 Å². The maximum absolute atomic E-state index is 11.8. The van der Waals surface area contributed by atoms with E-state index in [1.165, 1.54) is 12.1 Å². The summed E-state index contributed by atoms with van der Waals surface area (Å²) in [5.41, 5.74) is 0. The minimum Gasteiger partial charge on any atom is -0.668 e. The van der Waals surface area contributed by atoms with Gasteiger partial charge in [0.1, 0.15) is 0 Å². The first-order chi connectivity index (χ1) is 8.35. The summed E-state index contributed by atoms with van der Waals surface area (Å²) in [6.07, 6.45) is 0. The van der Waals surface area contributed by atoms with Crippen LogP contribution in [0.25, 0.3) is 16.0 Å². The van der Waals surface area contributed by atoms with Gasteiger partial charge in [0.15, 0.2) is 0 Å². The molecule has 3 nitrogen and oxygen atoms in total. The standard InChI is InChI=1S/C5H4F3Si.3C2H6N.Hf/c6-9(7,8)5-3-1-2-4-5;3*1-3-2;/h1-4H;3*1-2H3;/q4*-1;+4. The van der Waals surface area contributed by atoms with Crippen LogP contribution in [0, 0.1) is 0 Å². The van der Waals surface area contributed by atoms with E-state index in [1.807, 2.05) is 0 Å². The second-order valence-electron chi connectivity index (χ2n) is 3.01. The van der Waals surface area contributed by atoms with Gasteiger partial charge in [-0.25, -0.2) is 24.5 Å². The molecule has 0 heterocycles. The summed E-state index contributed by atoms with van der Waals surface area (Å²) in [7, 11) is 5.02. The molecular formula is C11H22F3HfN3Si. The minimum absolute atomic E-state index is 0. The zero-order valence-electron chi connectivity index (χ0n) is 12.3. The van der Waals surface area contributed by atoms with Crippen molar-refractivity contribution in [3.8, 4) is 0 Å². The molecular weight excluding hydrogens is 438 g/mol. The van der Waals surface area contributed by atoms with Gasteiger partial charge in [-0.2, -0.15) is 54.4 Å². The third kappa shape index (κ3) is 27.3. The quantitative estimate of drug-likeness (QED) is 0.351. The van der Waals surface area contributed by atoms with Crippen LogP contribution in [0.4, 0.5) is 12.3 Å². The molecule has 0 N–H and O–H groups in total. The predicted octanol–water partition coefficient (Wildman–Crippen LogP) is 3.32. The normalized spacial score (nSPS) is 8.47. The fourth-order valence-electron chi connectivity index (χ4n) is 0.563.